The minimum absolute atomic E-state index is 0.311. The zero-order chi connectivity index (χ0) is 16.2. The molecule has 0 fully saturated rings. The molecule has 0 amide bonds. The van der Waals surface area contributed by atoms with Gasteiger partial charge in [-0.1, -0.05) is 40.5 Å². The van der Waals surface area contributed by atoms with Crippen LogP contribution in [0.15, 0.2) is 0 Å². The number of rotatable bonds is 8. The van der Waals surface area contributed by atoms with E-state index in [0.29, 0.717) is 12.8 Å². The smallest absolute Gasteiger partial charge is 0.304 e. The molecular formula is C12H26F3NO3S. The van der Waals surface area contributed by atoms with Crippen molar-refractivity contribution >= 4 is 10.1 Å². The lowest BCUT2D eigenvalue weighted by Crippen LogP contribution is -2.25. The molecular weight excluding hydrogens is 295 g/mol. The third-order valence-electron chi connectivity index (χ3n) is 2.61. The SMILES string of the molecule is CCCCCOS(=O)(=O)C(F)(F)F.CCN(CC)CC. The van der Waals surface area contributed by atoms with Gasteiger partial charge in [0.2, 0.25) is 0 Å². The van der Waals surface area contributed by atoms with Gasteiger partial charge in [0.1, 0.15) is 0 Å². The molecule has 0 aliphatic rings. The number of alkyl halides is 3. The van der Waals surface area contributed by atoms with Crippen LogP contribution >= 0.6 is 0 Å². The highest BCUT2D eigenvalue weighted by atomic mass is 32.2. The van der Waals surface area contributed by atoms with E-state index in [1.807, 2.05) is 6.92 Å². The van der Waals surface area contributed by atoms with E-state index >= 15 is 0 Å². The van der Waals surface area contributed by atoms with Crippen molar-refractivity contribution in [3.63, 3.8) is 0 Å². The fourth-order valence-corrected chi connectivity index (χ4v) is 1.73. The van der Waals surface area contributed by atoms with Crippen LogP contribution in [0.2, 0.25) is 0 Å². The molecule has 0 heterocycles. The fraction of sp³-hybridized carbons (Fsp3) is 1.00. The predicted octanol–water partition coefficient (Wildman–Crippen LogP) is 3.39. The van der Waals surface area contributed by atoms with Gasteiger partial charge in [0.25, 0.3) is 0 Å². The highest BCUT2D eigenvalue weighted by molar-refractivity contribution is 7.87. The molecule has 124 valence electrons. The Balaban J connectivity index is 0. The number of halogens is 3. The summed E-state index contributed by atoms with van der Waals surface area (Å²) in [5.74, 6) is 0. The normalized spacial score (nSPS) is 12.2. The Morgan fingerprint density at radius 1 is 0.950 bits per heavy atom. The molecule has 0 aromatic carbocycles. The molecule has 0 aromatic rings. The largest absolute Gasteiger partial charge is 0.523 e. The van der Waals surface area contributed by atoms with Crippen LogP contribution in [-0.2, 0) is 14.3 Å². The van der Waals surface area contributed by atoms with Gasteiger partial charge in [0.05, 0.1) is 6.61 Å². The summed E-state index contributed by atoms with van der Waals surface area (Å²) in [7, 11) is -5.38. The Bertz CT molecular complexity index is 309. The van der Waals surface area contributed by atoms with Crippen LogP contribution in [0.3, 0.4) is 0 Å². The molecule has 0 N–H and O–H groups in total. The summed E-state index contributed by atoms with van der Waals surface area (Å²) in [5, 5.41) is 0. The Hall–Kier alpha value is -0.340. The summed E-state index contributed by atoms with van der Waals surface area (Å²) >= 11 is 0. The minimum atomic E-state index is -5.38. The monoisotopic (exact) mass is 321 g/mol. The van der Waals surface area contributed by atoms with Crippen molar-refractivity contribution in [2.75, 3.05) is 26.2 Å². The van der Waals surface area contributed by atoms with Gasteiger partial charge in [-0.2, -0.15) is 21.6 Å². The highest BCUT2D eigenvalue weighted by Crippen LogP contribution is 2.24. The van der Waals surface area contributed by atoms with Crippen molar-refractivity contribution in [3.05, 3.63) is 0 Å². The number of nitrogens with zero attached hydrogens (tertiary/aromatic N) is 1. The molecule has 4 nitrogen and oxygen atoms in total. The molecule has 0 unspecified atom stereocenters. The fourth-order valence-electron chi connectivity index (χ4n) is 1.26. The molecule has 0 atom stereocenters. The molecule has 0 aliphatic carbocycles. The minimum Gasteiger partial charge on any atom is -0.304 e. The second kappa shape index (κ2) is 11.3. The summed E-state index contributed by atoms with van der Waals surface area (Å²) in [6, 6.07) is 0. The average molecular weight is 321 g/mol. The van der Waals surface area contributed by atoms with Crippen molar-refractivity contribution in [1.82, 2.24) is 4.90 Å². The molecule has 0 saturated carbocycles. The van der Waals surface area contributed by atoms with Gasteiger partial charge < -0.3 is 4.90 Å². The van der Waals surface area contributed by atoms with E-state index < -0.39 is 22.2 Å². The Morgan fingerprint density at radius 3 is 1.65 bits per heavy atom. The van der Waals surface area contributed by atoms with E-state index in [2.05, 4.69) is 29.9 Å². The lowest BCUT2D eigenvalue weighted by molar-refractivity contribution is -0.0542. The maximum atomic E-state index is 11.6. The van der Waals surface area contributed by atoms with E-state index in [4.69, 9.17) is 0 Å². The molecule has 0 rings (SSSR count). The summed E-state index contributed by atoms with van der Waals surface area (Å²) in [4.78, 5) is 2.38. The zero-order valence-electron chi connectivity index (χ0n) is 12.7. The molecule has 0 radical (unpaired) electrons. The van der Waals surface area contributed by atoms with Crippen molar-refractivity contribution in [2.24, 2.45) is 0 Å². The Morgan fingerprint density at radius 2 is 1.40 bits per heavy atom. The maximum absolute atomic E-state index is 11.6. The quantitative estimate of drug-likeness (QED) is 0.390. The van der Waals surface area contributed by atoms with Gasteiger partial charge in [-0.25, -0.2) is 0 Å². The third-order valence-corrected chi connectivity index (χ3v) is 3.66. The van der Waals surface area contributed by atoms with Crippen LogP contribution in [0.1, 0.15) is 47.0 Å². The van der Waals surface area contributed by atoms with Crippen LogP contribution in [0.4, 0.5) is 13.2 Å². The van der Waals surface area contributed by atoms with E-state index in [1.54, 1.807) is 0 Å². The van der Waals surface area contributed by atoms with Crippen LogP contribution in [0, 0.1) is 0 Å². The van der Waals surface area contributed by atoms with E-state index in [9.17, 15) is 21.6 Å². The van der Waals surface area contributed by atoms with E-state index in [0.717, 1.165) is 6.42 Å². The summed E-state index contributed by atoms with van der Waals surface area (Å²) in [6.07, 6.45) is 1.74. The number of hydrogen-bond donors (Lipinski definition) is 0. The predicted molar refractivity (Wildman–Crippen MR) is 73.9 cm³/mol. The van der Waals surface area contributed by atoms with Crippen molar-refractivity contribution in [3.8, 4) is 0 Å². The van der Waals surface area contributed by atoms with Gasteiger partial charge in [-0.15, -0.1) is 0 Å². The topological polar surface area (TPSA) is 46.6 Å². The van der Waals surface area contributed by atoms with Crippen molar-refractivity contribution < 1.29 is 25.8 Å². The van der Waals surface area contributed by atoms with Crippen LogP contribution < -0.4 is 0 Å². The Labute approximate surface area is 120 Å². The van der Waals surface area contributed by atoms with Gasteiger partial charge in [-0.05, 0) is 26.1 Å². The third kappa shape index (κ3) is 10.4. The molecule has 20 heavy (non-hydrogen) atoms. The number of unbranched alkanes of at least 4 members (excludes halogenated alkanes) is 2. The second-order valence-electron chi connectivity index (χ2n) is 4.05. The van der Waals surface area contributed by atoms with Crippen molar-refractivity contribution in [1.29, 1.82) is 0 Å². The first kappa shape index (κ1) is 21.9. The molecule has 0 aromatic heterocycles. The zero-order valence-corrected chi connectivity index (χ0v) is 13.5. The number of hydrogen-bond acceptors (Lipinski definition) is 4. The van der Waals surface area contributed by atoms with Gasteiger partial charge >= 0.3 is 15.6 Å². The average Bonchev–Trinajstić information content (AvgIpc) is 2.36. The summed E-state index contributed by atoms with van der Waals surface area (Å²) in [5.41, 5.74) is -5.31. The standard InChI is InChI=1S/C6H11F3O3S.C6H15N/c1-2-3-4-5-12-13(10,11)6(7,8)9;1-4-7(5-2)6-3/h2-5H2,1H3;4-6H2,1-3H3. The highest BCUT2D eigenvalue weighted by Gasteiger charge is 2.47. The van der Waals surface area contributed by atoms with Gasteiger partial charge in [0, 0.05) is 0 Å². The van der Waals surface area contributed by atoms with Gasteiger partial charge in [0.15, 0.2) is 0 Å². The maximum Gasteiger partial charge on any atom is 0.523 e. The molecule has 8 heteroatoms. The molecule has 0 bridgehead atoms. The first-order chi connectivity index (χ1) is 9.16. The first-order valence-electron chi connectivity index (χ1n) is 6.84. The van der Waals surface area contributed by atoms with Crippen LogP contribution in [-0.4, -0.2) is 45.1 Å². The lowest BCUT2D eigenvalue weighted by Gasteiger charge is -2.13. The Kier molecular flexibility index (Phi) is 12.4. The van der Waals surface area contributed by atoms with Crippen molar-refractivity contribution in [2.45, 2.75) is 52.5 Å². The molecule has 0 saturated heterocycles. The van der Waals surface area contributed by atoms with Crippen LogP contribution in [0.25, 0.3) is 0 Å². The summed E-state index contributed by atoms with van der Waals surface area (Å²) in [6.45, 7) is 11.6. The molecule has 0 aliphatic heterocycles. The second-order valence-corrected chi connectivity index (χ2v) is 5.66. The van der Waals surface area contributed by atoms with E-state index in [-0.39, 0.29) is 0 Å². The lowest BCUT2D eigenvalue weighted by atomic mass is 10.3. The summed E-state index contributed by atoms with van der Waals surface area (Å²) < 4.78 is 59.2. The van der Waals surface area contributed by atoms with E-state index in [1.165, 1.54) is 19.6 Å². The van der Waals surface area contributed by atoms with Crippen LogP contribution in [0.5, 0.6) is 0 Å². The van der Waals surface area contributed by atoms with Gasteiger partial charge in [-0.3, -0.25) is 4.18 Å². The molecule has 0 spiro atoms. The first-order valence-corrected chi connectivity index (χ1v) is 8.25.